The normalized spacial score (nSPS) is 14.1. The van der Waals surface area contributed by atoms with Gasteiger partial charge < -0.3 is 14.7 Å². The van der Waals surface area contributed by atoms with Crippen molar-refractivity contribution < 1.29 is 14.6 Å². The molecule has 1 aliphatic heterocycles. The maximum atomic E-state index is 11.7. The van der Waals surface area contributed by atoms with Gasteiger partial charge in [-0.3, -0.25) is 4.79 Å². The molecule has 106 valence electrons. The number of methoxy groups -OCH3 is 1. The molecule has 0 spiro atoms. The minimum absolute atomic E-state index is 0.0677. The van der Waals surface area contributed by atoms with Gasteiger partial charge in [0.05, 0.1) is 13.7 Å². The van der Waals surface area contributed by atoms with Gasteiger partial charge in [0.15, 0.2) is 0 Å². The fourth-order valence-corrected chi connectivity index (χ4v) is 2.28. The second kappa shape index (κ2) is 6.97. The number of hydrogen-bond acceptors (Lipinski definition) is 3. The summed E-state index contributed by atoms with van der Waals surface area (Å²) in [7, 11) is 1.63. The number of carbonyl (C=O) groups excluding carboxylic acids is 1. The summed E-state index contributed by atoms with van der Waals surface area (Å²) in [6.07, 6.45) is 2.03. The summed E-state index contributed by atoms with van der Waals surface area (Å²) in [6, 6.07) is 5.71. The zero-order chi connectivity index (χ0) is 14.4. The number of ether oxygens (including phenoxy) is 1. The second-order valence-corrected chi connectivity index (χ2v) is 4.72. The van der Waals surface area contributed by atoms with Gasteiger partial charge in [0, 0.05) is 37.1 Å². The Balaban J connectivity index is 2.18. The van der Waals surface area contributed by atoms with Crippen molar-refractivity contribution >= 4 is 5.91 Å². The van der Waals surface area contributed by atoms with Crippen LogP contribution in [0.4, 0.5) is 0 Å². The summed E-state index contributed by atoms with van der Waals surface area (Å²) in [5, 5.41) is 8.73. The van der Waals surface area contributed by atoms with Crippen molar-refractivity contribution in [2.24, 2.45) is 0 Å². The van der Waals surface area contributed by atoms with Crippen LogP contribution in [0.25, 0.3) is 0 Å². The van der Waals surface area contributed by atoms with Crippen molar-refractivity contribution in [2.75, 3.05) is 20.3 Å². The van der Waals surface area contributed by atoms with Gasteiger partial charge in [-0.2, -0.15) is 0 Å². The number of hydrogen-bond donors (Lipinski definition) is 1. The Labute approximate surface area is 119 Å². The Bertz CT molecular complexity index is 542. The van der Waals surface area contributed by atoms with Crippen LogP contribution in [0.1, 0.15) is 30.4 Å². The Kier molecular flexibility index (Phi) is 5.03. The number of benzene rings is 1. The Morgan fingerprint density at radius 1 is 1.45 bits per heavy atom. The lowest BCUT2D eigenvalue weighted by atomic mass is 10.1. The van der Waals surface area contributed by atoms with Crippen molar-refractivity contribution in [1.29, 1.82) is 0 Å². The first-order chi connectivity index (χ1) is 9.74. The molecule has 0 radical (unpaired) electrons. The molecule has 4 nitrogen and oxygen atoms in total. The number of aliphatic hydroxyl groups is 1. The van der Waals surface area contributed by atoms with Crippen molar-refractivity contribution in [3.8, 4) is 17.6 Å². The molecule has 4 heteroatoms. The predicted molar refractivity (Wildman–Crippen MR) is 76.2 cm³/mol. The Morgan fingerprint density at radius 2 is 2.30 bits per heavy atom. The second-order valence-electron chi connectivity index (χ2n) is 4.72. The Morgan fingerprint density at radius 3 is 2.95 bits per heavy atom. The molecule has 0 unspecified atom stereocenters. The number of rotatable bonds is 4. The third kappa shape index (κ3) is 3.52. The molecule has 0 atom stereocenters. The van der Waals surface area contributed by atoms with E-state index in [-0.39, 0.29) is 12.5 Å². The standard InChI is InChI=1S/C16H19NO3/c1-20-15-8-7-13(5-2-3-10-18)11-14(15)12-17-9-4-6-16(17)19/h7-8,11,18H,3-4,6,9-10,12H2,1H3. The van der Waals surface area contributed by atoms with E-state index in [0.717, 1.165) is 29.8 Å². The van der Waals surface area contributed by atoms with E-state index in [1.807, 2.05) is 23.1 Å². The average molecular weight is 273 g/mol. The van der Waals surface area contributed by atoms with Crippen LogP contribution in [0, 0.1) is 11.8 Å². The highest BCUT2D eigenvalue weighted by Crippen LogP contribution is 2.23. The maximum absolute atomic E-state index is 11.7. The van der Waals surface area contributed by atoms with Crippen LogP contribution in [-0.2, 0) is 11.3 Å². The summed E-state index contributed by atoms with van der Waals surface area (Å²) in [5.41, 5.74) is 1.85. The third-order valence-corrected chi connectivity index (χ3v) is 3.28. The molecule has 1 saturated heterocycles. The summed E-state index contributed by atoms with van der Waals surface area (Å²) in [6.45, 7) is 1.44. The van der Waals surface area contributed by atoms with Crippen LogP contribution < -0.4 is 4.74 Å². The molecule has 1 heterocycles. The smallest absolute Gasteiger partial charge is 0.222 e. The maximum Gasteiger partial charge on any atom is 0.222 e. The number of carbonyl (C=O) groups is 1. The van der Waals surface area contributed by atoms with Gasteiger partial charge in [0.25, 0.3) is 0 Å². The first-order valence-corrected chi connectivity index (χ1v) is 6.79. The summed E-state index contributed by atoms with van der Waals surface area (Å²) >= 11 is 0. The molecule has 1 aliphatic rings. The zero-order valence-corrected chi connectivity index (χ0v) is 11.7. The molecule has 0 aliphatic carbocycles. The highest BCUT2D eigenvalue weighted by atomic mass is 16.5. The van der Waals surface area contributed by atoms with E-state index in [0.29, 0.717) is 19.4 Å². The number of likely N-dealkylation sites (tertiary alicyclic amines) is 1. The van der Waals surface area contributed by atoms with Gasteiger partial charge in [-0.15, -0.1) is 0 Å². The van der Waals surface area contributed by atoms with Gasteiger partial charge in [0.2, 0.25) is 5.91 Å². The first-order valence-electron chi connectivity index (χ1n) is 6.79. The molecule has 0 bridgehead atoms. The summed E-state index contributed by atoms with van der Waals surface area (Å²) in [5.74, 6) is 6.87. The highest BCUT2D eigenvalue weighted by molar-refractivity contribution is 5.78. The van der Waals surface area contributed by atoms with Gasteiger partial charge in [-0.1, -0.05) is 11.8 Å². The van der Waals surface area contributed by atoms with Crippen LogP contribution >= 0.6 is 0 Å². The minimum Gasteiger partial charge on any atom is -0.496 e. The SMILES string of the molecule is COc1ccc(C#CCCO)cc1CN1CCCC1=O. The van der Waals surface area contributed by atoms with Crippen molar-refractivity contribution in [3.63, 3.8) is 0 Å². The monoisotopic (exact) mass is 273 g/mol. The Hall–Kier alpha value is -1.99. The van der Waals surface area contributed by atoms with Crippen molar-refractivity contribution in [1.82, 2.24) is 4.90 Å². The highest BCUT2D eigenvalue weighted by Gasteiger charge is 2.21. The van der Waals surface area contributed by atoms with Crippen LogP contribution in [0.3, 0.4) is 0 Å². The van der Waals surface area contributed by atoms with Crippen molar-refractivity contribution in [3.05, 3.63) is 29.3 Å². The van der Waals surface area contributed by atoms with E-state index in [2.05, 4.69) is 11.8 Å². The topological polar surface area (TPSA) is 49.8 Å². The lowest BCUT2D eigenvalue weighted by molar-refractivity contribution is -0.128. The van der Waals surface area contributed by atoms with Gasteiger partial charge >= 0.3 is 0 Å². The number of aliphatic hydroxyl groups excluding tert-OH is 1. The van der Waals surface area contributed by atoms with Crippen LogP contribution in [-0.4, -0.2) is 36.2 Å². The summed E-state index contributed by atoms with van der Waals surface area (Å²) < 4.78 is 5.35. The van der Waals surface area contributed by atoms with E-state index in [1.165, 1.54) is 0 Å². The first kappa shape index (κ1) is 14.4. The van der Waals surface area contributed by atoms with E-state index in [1.54, 1.807) is 7.11 Å². The minimum atomic E-state index is 0.0677. The van der Waals surface area contributed by atoms with Crippen LogP contribution in [0.15, 0.2) is 18.2 Å². The molecule has 2 rings (SSSR count). The lowest BCUT2D eigenvalue weighted by Gasteiger charge is -2.17. The molecular weight excluding hydrogens is 254 g/mol. The molecular formula is C16H19NO3. The largest absolute Gasteiger partial charge is 0.496 e. The fraction of sp³-hybridized carbons (Fsp3) is 0.438. The van der Waals surface area contributed by atoms with Gasteiger partial charge in [-0.05, 0) is 24.6 Å². The molecule has 1 aromatic carbocycles. The fourth-order valence-electron chi connectivity index (χ4n) is 2.28. The van der Waals surface area contributed by atoms with Gasteiger partial charge in [0.1, 0.15) is 5.75 Å². The molecule has 1 amide bonds. The van der Waals surface area contributed by atoms with Crippen molar-refractivity contribution in [2.45, 2.75) is 25.8 Å². The van der Waals surface area contributed by atoms with Gasteiger partial charge in [-0.25, -0.2) is 0 Å². The van der Waals surface area contributed by atoms with E-state index in [4.69, 9.17) is 9.84 Å². The summed E-state index contributed by atoms with van der Waals surface area (Å²) in [4.78, 5) is 13.6. The molecule has 1 N–H and O–H groups in total. The molecule has 1 aromatic rings. The van der Waals surface area contributed by atoms with Crippen LogP contribution in [0.5, 0.6) is 5.75 Å². The quantitative estimate of drug-likeness (QED) is 0.847. The van der Waals surface area contributed by atoms with Crippen LogP contribution in [0.2, 0.25) is 0 Å². The molecule has 0 aromatic heterocycles. The third-order valence-electron chi connectivity index (χ3n) is 3.28. The zero-order valence-electron chi connectivity index (χ0n) is 11.7. The lowest BCUT2D eigenvalue weighted by Crippen LogP contribution is -2.24. The van der Waals surface area contributed by atoms with E-state index in [9.17, 15) is 4.79 Å². The predicted octanol–water partition coefficient (Wildman–Crippen LogP) is 1.55. The van der Waals surface area contributed by atoms with E-state index < -0.39 is 0 Å². The number of nitrogens with zero attached hydrogens (tertiary/aromatic N) is 1. The molecule has 20 heavy (non-hydrogen) atoms. The van der Waals surface area contributed by atoms with E-state index >= 15 is 0 Å². The average Bonchev–Trinajstić information content (AvgIpc) is 2.85. The number of amides is 1. The molecule has 0 saturated carbocycles. The molecule has 1 fully saturated rings.